The molecule has 4 rings (SSSR count). The molecule has 0 spiro atoms. The van der Waals surface area contributed by atoms with Gasteiger partial charge in [-0.15, -0.1) is 0 Å². The SMILES string of the molecule is C=C([C@H](C)CC1CC[C@@H]2O[C@@H](CCCC)C[C@]2(CI)O1)[C@H](C)C[C@@H]1O[C@H](CC(C)CC)[C@H](C)[C@H]1CS(=O)(=O)c1ccccc1. The van der Waals surface area contributed by atoms with Gasteiger partial charge < -0.3 is 14.2 Å². The minimum atomic E-state index is -3.41. The number of hydrogen-bond donors (Lipinski definition) is 0. The van der Waals surface area contributed by atoms with Gasteiger partial charge in [0, 0.05) is 16.8 Å². The highest BCUT2D eigenvalue weighted by Crippen LogP contribution is 2.46. The number of sulfone groups is 1. The van der Waals surface area contributed by atoms with Gasteiger partial charge in [0.15, 0.2) is 9.84 Å². The first-order valence-electron chi connectivity index (χ1n) is 17.4. The maximum absolute atomic E-state index is 13.5. The largest absolute Gasteiger partial charge is 0.374 e. The molecule has 0 radical (unpaired) electrons. The second-order valence-corrected chi connectivity index (χ2v) is 17.3. The Labute approximate surface area is 282 Å². The van der Waals surface area contributed by atoms with Gasteiger partial charge in [-0.3, -0.25) is 0 Å². The molecule has 3 heterocycles. The number of allylic oxidation sites excluding steroid dienone is 1. The average Bonchev–Trinajstić information content (AvgIpc) is 3.52. The predicted octanol–water partition coefficient (Wildman–Crippen LogP) is 9.23. The number of alkyl halides is 1. The molecule has 0 aromatic heterocycles. The van der Waals surface area contributed by atoms with Gasteiger partial charge in [0.2, 0.25) is 0 Å². The van der Waals surface area contributed by atoms with Gasteiger partial charge in [-0.25, -0.2) is 8.42 Å². The van der Waals surface area contributed by atoms with Crippen molar-refractivity contribution in [1.29, 1.82) is 0 Å². The Kier molecular flexibility index (Phi) is 13.3. The molecule has 0 bridgehead atoms. The Morgan fingerprint density at radius 3 is 2.36 bits per heavy atom. The zero-order valence-electron chi connectivity index (χ0n) is 28.2. The third-order valence-electron chi connectivity index (χ3n) is 11.2. The Bertz CT molecular complexity index is 1160. The van der Waals surface area contributed by atoms with Gasteiger partial charge in [-0.1, -0.05) is 114 Å². The van der Waals surface area contributed by atoms with Gasteiger partial charge in [0.25, 0.3) is 0 Å². The standard InChI is InChI=1S/C37H59IO5S/c1-8-10-14-31-22-37(24-38)36(41-31)18-17-30(43-37)20-26(4)28(6)27(5)21-35-33(29(7)34(42-35)19-25(3)9-2)23-44(39,40)32-15-12-11-13-16-32/h11-13,15-16,25-27,29-31,33-36H,6,8-10,14,17-24H2,1-5,7H3/t25?,26-,27-,29-,30?,31+,33-,34-,35+,36+,37-/m1/s1. The molecule has 7 heteroatoms. The lowest BCUT2D eigenvalue weighted by molar-refractivity contribution is -0.155. The molecule has 0 amide bonds. The molecule has 5 nitrogen and oxygen atoms in total. The Balaban J connectivity index is 1.40. The normalized spacial score (nSPS) is 34.4. The molecule has 44 heavy (non-hydrogen) atoms. The number of fused-ring (bicyclic) bond motifs is 1. The van der Waals surface area contributed by atoms with E-state index in [1.165, 1.54) is 18.4 Å². The summed E-state index contributed by atoms with van der Waals surface area (Å²) in [4.78, 5) is 0.408. The quantitative estimate of drug-likeness (QED) is 0.0961. The van der Waals surface area contributed by atoms with Crippen molar-refractivity contribution >= 4 is 32.4 Å². The number of benzene rings is 1. The van der Waals surface area contributed by atoms with Crippen molar-refractivity contribution in [1.82, 2.24) is 0 Å². The fourth-order valence-electron chi connectivity index (χ4n) is 7.94. The third-order valence-corrected chi connectivity index (χ3v) is 14.3. The van der Waals surface area contributed by atoms with Gasteiger partial charge in [0.1, 0.15) is 5.60 Å². The zero-order valence-corrected chi connectivity index (χ0v) is 31.2. The van der Waals surface area contributed by atoms with Crippen LogP contribution in [0.25, 0.3) is 0 Å². The van der Waals surface area contributed by atoms with E-state index in [1.807, 2.05) is 6.07 Å². The van der Waals surface area contributed by atoms with Crippen molar-refractivity contribution in [3.8, 4) is 0 Å². The van der Waals surface area contributed by atoms with E-state index in [1.54, 1.807) is 24.3 Å². The molecular formula is C37H59IO5S. The summed E-state index contributed by atoms with van der Waals surface area (Å²) >= 11 is 2.51. The van der Waals surface area contributed by atoms with Crippen molar-refractivity contribution in [2.24, 2.45) is 29.6 Å². The van der Waals surface area contributed by atoms with Gasteiger partial charge in [-0.2, -0.15) is 0 Å². The molecule has 3 aliphatic heterocycles. The molecule has 0 saturated carbocycles. The second kappa shape index (κ2) is 16.1. The van der Waals surface area contributed by atoms with Crippen molar-refractivity contribution in [2.75, 3.05) is 10.2 Å². The summed E-state index contributed by atoms with van der Waals surface area (Å²) in [6, 6.07) is 8.91. The molecular weight excluding hydrogens is 683 g/mol. The van der Waals surface area contributed by atoms with Gasteiger partial charge in [-0.05, 0) is 74.3 Å². The van der Waals surface area contributed by atoms with Crippen molar-refractivity contribution in [3.05, 3.63) is 42.5 Å². The highest BCUT2D eigenvalue weighted by Gasteiger charge is 2.52. The van der Waals surface area contributed by atoms with Crippen LogP contribution in [0.3, 0.4) is 0 Å². The zero-order chi connectivity index (χ0) is 32.1. The number of unbranched alkanes of at least 4 members (excludes halogenated alkanes) is 1. The molecule has 2 unspecified atom stereocenters. The molecule has 3 fully saturated rings. The molecule has 3 saturated heterocycles. The lowest BCUT2D eigenvalue weighted by Gasteiger charge is -2.42. The monoisotopic (exact) mass is 742 g/mol. The van der Waals surface area contributed by atoms with E-state index < -0.39 is 9.84 Å². The van der Waals surface area contributed by atoms with Crippen LogP contribution in [0.5, 0.6) is 0 Å². The molecule has 0 aliphatic carbocycles. The summed E-state index contributed by atoms with van der Waals surface area (Å²) in [6.45, 7) is 18.1. The third kappa shape index (κ3) is 8.70. The Morgan fingerprint density at radius 2 is 1.70 bits per heavy atom. The van der Waals surface area contributed by atoms with E-state index in [0.29, 0.717) is 22.8 Å². The van der Waals surface area contributed by atoms with Crippen molar-refractivity contribution < 1.29 is 22.6 Å². The van der Waals surface area contributed by atoms with E-state index >= 15 is 0 Å². The lowest BCUT2D eigenvalue weighted by Crippen LogP contribution is -2.50. The second-order valence-electron chi connectivity index (χ2n) is 14.5. The summed E-state index contributed by atoms with van der Waals surface area (Å²) in [6.07, 6.45) is 11.3. The summed E-state index contributed by atoms with van der Waals surface area (Å²) in [5.74, 6) is 1.38. The first-order chi connectivity index (χ1) is 20.9. The fourth-order valence-corrected chi connectivity index (χ4v) is 10.7. The Morgan fingerprint density at radius 1 is 1.00 bits per heavy atom. The van der Waals surface area contributed by atoms with Crippen molar-refractivity contribution in [3.63, 3.8) is 0 Å². The molecule has 1 aromatic rings. The Hall–Kier alpha value is -0.480. The van der Waals surface area contributed by atoms with Crippen LogP contribution >= 0.6 is 22.6 Å². The lowest BCUT2D eigenvalue weighted by atomic mass is 9.79. The maximum atomic E-state index is 13.5. The van der Waals surface area contributed by atoms with E-state index in [9.17, 15) is 8.42 Å². The first kappa shape index (κ1) is 36.4. The van der Waals surface area contributed by atoms with E-state index in [0.717, 1.165) is 55.8 Å². The molecule has 0 N–H and O–H groups in total. The van der Waals surface area contributed by atoms with Crippen LogP contribution in [-0.2, 0) is 24.0 Å². The van der Waals surface area contributed by atoms with Gasteiger partial charge in [0.05, 0.1) is 41.2 Å². The smallest absolute Gasteiger partial charge is 0.178 e. The van der Waals surface area contributed by atoms with Crippen LogP contribution in [0.1, 0.15) is 106 Å². The molecule has 11 atom stereocenters. The summed E-state index contributed by atoms with van der Waals surface area (Å²) in [7, 11) is -3.41. The van der Waals surface area contributed by atoms with E-state index in [-0.39, 0.29) is 53.5 Å². The van der Waals surface area contributed by atoms with Crippen LogP contribution < -0.4 is 0 Å². The van der Waals surface area contributed by atoms with Crippen LogP contribution in [0.4, 0.5) is 0 Å². The minimum Gasteiger partial charge on any atom is -0.374 e. The summed E-state index contributed by atoms with van der Waals surface area (Å²) in [5, 5.41) is 0. The number of ether oxygens (including phenoxy) is 3. The highest BCUT2D eigenvalue weighted by molar-refractivity contribution is 14.1. The number of rotatable bonds is 16. The maximum Gasteiger partial charge on any atom is 0.178 e. The predicted molar refractivity (Wildman–Crippen MR) is 189 cm³/mol. The molecule has 250 valence electrons. The molecule has 3 aliphatic rings. The summed E-state index contributed by atoms with van der Waals surface area (Å²) < 4.78 is 48.2. The van der Waals surface area contributed by atoms with Crippen LogP contribution in [0, 0.1) is 29.6 Å². The van der Waals surface area contributed by atoms with Crippen LogP contribution in [0.15, 0.2) is 47.4 Å². The topological polar surface area (TPSA) is 61.8 Å². The highest BCUT2D eigenvalue weighted by atomic mass is 127. The van der Waals surface area contributed by atoms with Crippen LogP contribution in [0.2, 0.25) is 0 Å². The first-order valence-corrected chi connectivity index (χ1v) is 20.6. The van der Waals surface area contributed by atoms with Gasteiger partial charge >= 0.3 is 0 Å². The van der Waals surface area contributed by atoms with E-state index in [2.05, 4.69) is 70.7 Å². The number of hydrogen-bond acceptors (Lipinski definition) is 5. The number of halogens is 1. The summed E-state index contributed by atoms with van der Waals surface area (Å²) in [5.41, 5.74) is 1.08. The molecule has 1 aromatic carbocycles. The van der Waals surface area contributed by atoms with E-state index in [4.69, 9.17) is 14.2 Å². The fraction of sp³-hybridized carbons (Fsp3) is 0.784. The average molecular weight is 743 g/mol. The minimum absolute atomic E-state index is 0.0371. The van der Waals surface area contributed by atoms with Crippen LogP contribution in [-0.4, -0.2) is 54.7 Å². The van der Waals surface area contributed by atoms with Crippen molar-refractivity contribution in [2.45, 2.75) is 147 Å².